The van der Waals surface area contributed by atoms with Gasteiger partial charge < -0.3 is 0 Å². The number of hydrogen-bond donors (Lipinski definition) is 0. The number of benzene rings is 2. The molecule has 84 valence electrons. The van der Waals surface area contributed by atoms with E-state index in [9.17, 15) is 9.18 Å². The van der Waals surface area contributed by atoms with E-state index in [4.69, 9.17) is 0 Å². The molecule has 0 unspecified atom stereocenters. The molecule has 3 heteroatoms. The quantitative estimate of drug-likeness (QED) is 0.549. The molecule has 0 N–H and O–H groups in total. The molecule has 3 rings (SSSR count). The van der Waals surface area contributed by atoms with Crippen LogP contribution < -0.4 is 5.43 Å². The molecule has 2 aromatic carbocycles. The van der Waals surface area contributed by atoms with E-state index in [0.29, 0.717) is 10.8 Å². The van der Waals surface area contributed by atoms with Crippen LogP contribution in [0, 0.1) is 12.7 Å². The predicted octanol–water partition coefficient (Wildman–Crippen LogP) is 3.86. The van der Waals surface area contributed by atoms with Gasteiger partial charge >= 0.3 is 0 Å². The van der Waals surface area contributed by atoms with E-state index in [2.05, 4.69) is 0 Å². The maximum atomic E-state index is 13.1. The first-order chi connectivity index (χ1) is 8.15. The van der Waals surface area contributed by atoms with Crippen LogP contribution in [0.1, 0.15) is 5.56 Å². The van der Waals surface area contributed by atoms with E-state index >= 15 is 0 Å². The third kappa shape index (κ3) is 1.63. The summed E-state index contributed by atoms with van der Waals surface area (Å²) in [6.07, 6.45) is 0. The maximum Gasteiger partial charge on any atom is 0.195 e. The zero-order chi connectivity index (χ0) is 12.0. The molecule has 17 heavy (non-hydrogen) atoms. The van der Waals surface area contributed by atoms with Crippen molar-refractivity contribution in [3.05, 3.63) is 58.0 Å². The van der Waals surface area contributed by atoms with Gasteiger partial charge in [-0.3, -0.25) is 4.79 Å². The summed E-state index contributed by atoms with van der Waals surface area (Å²) in [7, 11) is 0. The van der Waals surface area contributed by atoms with Crippen LogP contribution in [0.25, 0.3) is 20.2 Å². The Bertz CT molecular complexity index is 789. The summed E-state index contributed by atoms with van der Waals surface area (Å²) in [6, 6.07) is 10.1. The summed E-state index contributed by atoms with van der Waals surface area (Å²) in [6.45, 7) is 1.99. The second-order valence-corrected chi connectivity index (χ2v) is 5.16. The molecule has 3 aromatic rings. The number of halogens is 1. The highest BCUT2D eigenvalue weighted by atomic mass is 32.1. The Labute approximate surface area is 101 Å². The third-order valence-corrected chi connectivity index (χ3v) is 3.92. The first kappa shape index (κ1) is 10.4. The van der Waals surface area contributed by atoms with Crippen LogP contribution in [0.15, 0.2) is 41.2 Å². The average Bonchev–Trinajstić information content (AvgIpc) is 2.30. The Morgan fingerprint density at radius 1 is 1.00 bits per heavy atom. The maximum absolute atomic E-state index is 13.1. The monoisotopic (exact) mass is 244 g/mol. The Morgan fingerprint density at radius 2 is 1.82 bits per heavy atom. The highest BCUT2D eigenvalue weighted by Crippen LogP contribution is 2.25. The summed E-state index contributed by atoms with van der Waals surface area (Å²) in [5.41, 5.74) is 1.03. The van der Waals surface area contributed by atoms with Gasteiger partial charge in [-0.05, 0) is 42.8 Å². The van der Waals surface area contributed by atoms with Crippen molar-refractivity contribution in [2.45, 2.75) is 6.92 Å². The summed E-state index contributed by atoms with van der Waals surface area (Å²) >= 11 is 1.52. The van der Waals surface area contributed by atoms with Gasteiger partial charge in [0.2, 0.25) is 0 Å². The van der Waals surface area contributed by atoms with Crippen molar-refractivity contribution in [2.24, 2.45) is 0 Å². The molecule has 1 heterocycles. The molecule has 0 aliphatic heterocycles. The van der Waals surface area contributed by atoms with Crippen molar-refractivity contribution < 1.29 is 4.39 Å². The summed E-state index contributed by atoms with van der Waals surface area (Å²) in [4.78, 5) is 12.2. The molecular formula is C14H9FOS. The van der Waals surface area contributed by atoms with Crippen LogP contribution in [-0.4, -0.2) is 0 Å². The van der Waals surface area contributed by atoms with Crippen molar-refractivity contribution in [3.8, 4) is 0 Å². The number of rotatable bonds is 0. The molecule has 0 fully saturated rings. The molecule has 0 atom stereocenters. The van der Waals surface area contributed by atoms with Crippen molar-refractivity contribution >= 4 is 31.5 Å². The fraction of sp³-hybridized carbons (Fsp3) is 0.0714. The van der Waals surface area contributed by atoms with Gasteiger partial charge in [-0.15, -0.1) is 11.3 Å². The van der Waals surface area contributed by atoms with Gasteiger partial charge in [-0.25, -0.2) is 4.39 Å². The van der Waals surface area contributed by atoms with Crippen LogP contribution in [-0.2, 0) is 0 Å². The summed E-state index contributed by atoms with van der Waals surface area (Å²) < 4.78 is 14.9. The SMILES string of the molecule is Cc1ccc2c(=O)c3cc(F)ccc3sc2c1. The molecule has 0 spiro atoms. The molecule has 0 saturated carbocycles. The number of fused-ring (bicyclic) bond motifs is 2. The normalized spacial score (nSPS) is 11.2. The fourth-order valence-corrected chi connectivity index (χ4v) is 3.08. The van der Waals surface area contributed by atoms with Gasteiger partial charge in [0.25, 0.3) is 0 Å². The summed E-state index contributed by atoms with van der Waals surface area (Å²) in [5.74, 6) is -0.367. The first-order valence-electron chi connectivity index (χ1n) is 5.28. The first-order valence-corrected chi connectivity index (χ1v) is 6.09. The summed E-state index contributed by atoms with van der Waals surface area (Å²) in [5, 5.41) is 1.13. The van der Waals surface area contributed by atoms with Crippen LogP contribution in [0.4, 0.5) is 4.39 Å². The standard InChI is InChI=1S/C14H9FOS/c1-8-2-4-10-13(6-8)17-12-5-3-9(15)7-11(12)14(10)16/h2-7H,1H3. The topological polar surface area (TPSA) is 17.1 Å². The molecule has 0 radical (unpaired) electrons. The van der Waals surface area contributed by atoms with Gasteiger partial charge in [0.05, 0.1) is 0 Å². The largest absolute Gasteiger partial charge is 0.289 e. The second kappa shape index (κ2) is 3.64. The fourth-order valence-electron chi connectivity index (χ4n) is 1.93. The molecule has 0 saturated heterocycles. The Balaban J connectivity index is 2.57. The van der Waals surface area contributed by atoms with Crippen molar-refractivity contribution in [1.82, 2.24) is 0 Å². The van der Waals surface area contributed by atoms with Gasteiger partial charge in [-0.2, -0.15) is 0 Å². The van der Waals surface area contributed by atoms with E-state index in [-0.39, 0.29) is 11.2 Å². The molecule has 0 amide bonds. The zero-order valence-corrected chi connectivity index (χ0v) is 9.98. The van der Waals surface area contributed by atoms with Crippen LogP contribution >= 0.6 is 11.3 Å². The Morgan fingerprint density at radius 3 is 2.65 bits per heavy atom. The molecule has 1 nitrogen and oxygen atoms in total. The van der Waals surface area contributed by atoms with Crippen LogP contribution in [0.2, 0.25) is 0 Å². The minimum Gasteiger partial charge on any atom is -0.289 e. The van der Waals surface area contributed by atoms with Crippen molar-refractivity contribution in [1.29, 1.82) is 0 Å². The highest BCUT2D eigenvalue weighted by molar-refractivity contribution is 7.24. The van der Waals surface area contributed by atoms with Gasteiger partial charge in [-0.1, -0.05) is 6.07 Å². The third-order valence-electron chi connectivity index (χ3n) is 2.79. The minimum absolute atomic E-state index is 0.0896. The lowest BCUT2D eigenvalue weighted by molar-refractivity contribution is 0.630. The van der Waals surface area contributed by atoms with E-state index in [1.165, 1.54) is 23.5 Å². The van der Waals surface area contributed by atoms with Gasteiger partial charge in [0.1, 0.15) is 5.82 Å². The number of hydrogen-bond acceptors (Lipinski definition) is 2. The Kier molecular flexibility index (Phi) is 2.23. The molecule has 0 aliphatic rings. The van der Waals surface area contributed by atoms with E-state index in [0.717, 1.165) is 15.0 Å². The van der Waals surface area contributed by atoms with Crippen LogP contribution in [0.3, 0.4) is 0 Å². The lowest BCUT2D eigenvalue weighted by atomic mass is 10.1. The van der Waals surface area contributed by atoms with Gasteiger partial charge in [0, 0.05) is 20.2 Å². The lowest BCUT2D eigenvalue weighted by Gasteiger charge is -2.01. The average molecular weight is 244 g/mol. The molecule has 0 bridgehead atoms. The number of aryl methyl sites for hydroxylation is 1. The minimum atomic E-state index is -0.367. The van der Waals surface area contributed by atoms with Crippen molar-refractivity contribution in [2.75, 3.05) is 0 Å². The van der Waals surface area contributed by atoms with E-state index < -0.39 is 0 Å². The predicted molar refractivity (Wildman–Crippen MR) is 70.3 cm³/mol. The van der Waals surface area contributed by atoms with E-state index in [1.807, 2.05) is 25.1 Å². The molecule has 1 aromatic heterocycles. The zero-order valence-electron chi connectivity index (χ0n) is 9.16. The smallest absolute Gasteiger partial charge is 0.195 e. The van der Waals surface area contributed by atoms with Crippen LogP contribution in [0.5, 0.6) is 0 Å². The highest BCUT2D eigenvalue weighted by Gasteiger charge is 2.06. The molecular weight excluding hydrogens is 235 g/mol. The molecule has 0 aliphatic carbocycles. The lowest BCUT2D eigenvalue weighted by Crippen LogP contribution is -2.01. The van der Waals surface area contributed by atoms with E-state index in [1.54, 1.807) is 6.07 Å². The van der Waals surface area contributed by atoms with Gasteiger partial charge in [0.15, 0.2) is 5.43 Å². The Hall–Kier alpha value is -1.74. The van der Waals surface area contributed by atoms with Crippen molar-refractivity contribution in [3.63, 3.8) is 0 Å². The second-order valence-electron chi connectivity index (χ2n) is 4.07.